The van der Waals surface area contributed by atoms with Gasteiger partial charge in [-0.3, -0.25) is 4.40 Å². The Morgan fingerprint density at radius 3 is 2.89 bits per heavy atom. The van der Waals surface area contributed by atoms with E-state index in [2.05, 4.69) is 10.3 Å². The third-order valence-corrected chi connectivity index (χ3v) is 4.74. The monoisotopic (exact) mass is 277 g/mol. The van der Waals surface area contributed by atoms with Gasteiger partial charge in [0.2, 0.25) is 0 Å². The van der Waals surface area contributed by atoms with Crippen LogP contribution in [0.5, 0.6) is 5.75 Å². The normalized spacial score (nSPS) is 21.4. The van der Waals surface area contributed by atoms with Gasteiger partial charge >= 0.3 is 0 Å². The van der Waals surface area contributed by atoms with Crippen LogP contribution in [0.25, 0.3) is 5.52 Å². The van der Waals surface area contributed by atoms with Gasteiger partial charge in [0, 0.05) is 18.5 Å². The maximum Gasteiger partial charge on any atom is 0.157 e. The van der Waals surface area contributed by atoms with Gasteiger partial charge in [0.05, 0.1) is 11.7 Å². The van der Waals surface area contributed by atoms with E-state index in [0.717, 1.165) is 43.0 Å². The Morgan fingerprint density at radius 2 is 2.21 bits per heavy atom. The number of nitrogens with zero attached hydrogens (tertiary/aromatic N) is 2. The molecule has 2 fully saturated rings. The number of halogens is 1. The molecule has 1 aliphatic carbocycles. The van der Waals surface area contributed by atoms with Crippen LogP contribution in [0.3, 0.4) is 0 Å². The standard InChI is InChI=1S/C14H16ClN3O/c1-9-17-6-10-2-3-12(13(15)18(9)10)19-11-4-14(5-11)7-16-8-14/h2-3,6,11,16H,4-5,7-8H2,1H3. The van der Waals surface area contributed by atoms with Gasteiger partial charge in [-0.15, -0.1) is 0 Å². The highest BCUT2D eigenvalue weighted by Crippen LogP contribution is 2.46. The van der Waals surface area contributed by atoms with Crippen LogP contribution in [0.4, 0.5) is 0 Å². The lowest BCUT2D eigenvalue weighted by atomic mass is 9.63. The van der Waals surface area contributed by atoms with E-state index >= 15 is 0 Å². The second-order valence-corrected chi connectivity index (χ2v) is 6.16. The summed E-state index contributed by atoms with van der Waals surface area (Å²) in [5, 5.41) is 3.96. The highest BCUT2D eigenvalue weighted by atomic mass is 35.5. The van der Waals surface area contributed by atoms with Crippen molar-refractivity contribution in [2.24, 2.45) is 5.41 Å². The van der Waals surface area contributed by atoms with Crippen molar-refractivity contribution in [2.45, 2.75) is 25.9 Å². The number of hydrogen-bond acceptors (Lipinski definition) is 3. The van der Waals surface area contributed by atoms with Crippen molar-refractivity contribution < 1.29 is 4.74 Å². The average molecular weight is 278 g/mol. The predicted molar refractivity (Wildman–Crippen MR) is 73.9 cm³/mol. The quantitative estimate of drug-likeness (QED) is 0.857. The van der Waals surface area contributed by atoms with Crippen molar-refractivity contribution in [3.05, 3.63) is 29.3 Å². The van der Waals surface area contributed by atoms with E-state index in [1.165, 1.54) is 0 Å². The van der Waals surface area contributed by atoms with E-state index in [9.17, 15) is 0 Å². The molecule has 100 valence electrons. The van der Waals surface area contributed by atoms with Crippen LogP contribution in [0.2, 0.25) is 5.15 Å². The lowest BCUT2D eigenvalue weighted by Gasteiger charge is -2.53. The Hall–Kier alpha value is -1.26. The summed E-state index contributed by atoms with van der Waals surface area (Å²) in [6.45, 7) is 4.22. The third-order valence-electron chi connectivity index (χ3n) is 4.39. The first-order valence-electron chi connectivity index (χ1n) is 6.67. The van der Waals surface area contributed by atoms with E-state index in [1.807, 2.05) is 29.7 Å². The molecule has 1 saturated carbocycles. The van der Waals surface area contributed by atoms with Crippen molar-refractivity contribution >= 4 is 17.1 Å². The second kappa shape index (κ2) is 3.87. The summed E-state index contributed by atoms with van der Waals surface area (Å²) in [6.07, 6.45) is 4.40. The zero-order valence-corrected chi connectivity index (χ0v) is 11.6. The number of ether oxygens (including phenoxy) is 1. The molecule has 2 aliphatic rings. The fraction of sp³-hybridized carbons (Fsp3) is 0.500. The molecule has 4 nitrogen and oxygen atoms in total. The van der Waals surface area contributed by atoms with Gasteiger partial charge in [0.15, 0.2) is 10.9 Å². The van der Waals surface area contributed by atoms with Crippen molar-refractivity contribution in [3.8, 4) is 5.75 Å². The topological polar surface area (TPSA) is 38.6 Å². The summed E-state index contributed by atoms with van der Waals surface area (Å²) in [6, 6.07) is 3.95. The van der Waals surface area contributed by atoms with Crippen LogP contribution in [0.1, 0.15) is 18.7 Å². The minimum absolute atomic E-state index is 0.306. The minimum atomic E-state index is 0.306. The largest absolute Gasteiger partial charge is 0.487 e. The highest BCUT2D eigenvalue weighted by molar-refractivity contribution is 6.31. The number of aryl methyl sites for hydroxylation is 1. The molecule has 2 aromatic rings. The van der Waals surface area contributed by atoms with Crippen LogP contribution in [-0.4, -0.2) is 28.6 Å². The van der Waals surface area contributed by atoms with Crippen molar-refractivity contribution in [3.63, 3.8) is 0 Å². The first-order chi connectivity index (χ1) is 9.17. The van der Waals surface area contributed by atoms with E-state index < -0.39 is 0 Å². The van der Waals surface area contributed by atoms with Crippen LogP contribution in [-0.2, 0) is 0 Å². The molecule has 0 radical (unpaired) electrons. The number of pyridine rings is 1. The van der Waals surface area contributed by atoms with E-state index in [1.54, 1.807) is 0 Å². The summed E-state index contributed by atoms with van der Waals surface area (Å²) in [7, 11) is 0. The molecule has 2 aromatic heterocycles. The zero-order valence-electron chi connectivity index (χ0n) is 10.8. The van der Waals surface area contributed by atoms with Gasteiger partial charge in [-0.25, -0.2) is 4.98 Å². The molecule has 3 heterocycles. The van der Waals surface area contributed by atoms with Crippen molar-refractivity contribution in [1.82, 2.24) is 14.7 Å². The Bertz CT molecular complexity index is 639. The van der Waals surface area contributed by atoms with Gasteiger partial charge in [-0.05, 0) is 31.9 Å². The number of hydrogen-bond donors (Lipinski definition) is 1. The summed E-state index contributed by atoms with van der Waals surface area (Å²) in [5.74, 6) is 1.65. The minimum Gasteiger partial charge on any atom is -0.487 e. The van der Waals surface area contributed by atoms with Gasteiger partial charge in [-0.1, -0.05) is 11.6 Å². The molecule has 0 unspecified atom stereocenters. The molecular weight excluding hydrogens is 262 g/mol. The lowest BCUT2D eigenvalue weighted by molar-refractivity contribution is -0.0496. The maximum absolute atomic E-state index is 6.42. The average Bonchev–Trinajstić information content (AvgIpc) is 2.66. The van der Waals surface area contributed by atoms with Gasteiger partial charge in [0.25, 0.3) is 0 Å². The Labute approximate surface area is 116 Å². The fourth-order valence-electron chi connectivity index (χ4n) is 3.20. The number of nitrogens with one attached hydrogen (secondary N) is 1. The number of fused-ring (bicyclic) bond motifs is 1. The van der Waals surface area contributed by atoms with E-state index in [0.29, 0.717) is 16.7 Å². The lowest BCUT2D eigenvalue weighted by Crippen LogP contribution is -2.62. The Balaban J connectivity index is 1.58. The second-order valence-electron chi connectivity index (χ2n) is 5.81. The highest BCUT2D eigenvalue weighted by Gasteiger charge is 2.49. The van der Waals surface area contributed by atoms with E-state index in [-0.39, 0.29) is 0 Å². The first-order valence-corrected chi connectivity index (χ1v) is 7.05. The molecule has 19 heavy (non-hydrogen) atoms. The Kier molecular flexibility index (Phi) is 2.35. The number of imidazole rings is 1. The fourth-order valence-corrected chi connectivity index (χ4v) is 3.53. The smallest absolute Gasteiger partial charge is 0.157 e. The predicted octanol–water partition coefficient (Wildman–Crippen LogP) is 2.43. The molecule has 0 bridgehead atoms. The molecule has 5 heteroatoms. The van der Waals surface area contributed by atoms with Crippen LogP contribution < -0.4 is 10.1 Å². The molecule has 0 atom stereocenters. The molecular formula is C14H16ClN3O. The van der Waals surface area contributed by atoms with Crippen LogP contribution >= 0.6 is 11.6 Å². The van der Waals surface area contributed by atoms with Crippen molar-refractivity contribution in [1.29, 1.82) is 0 Å². The summed E-state index contributed by atoms with van der Waals surface area (Å²) < 4.78 is 7.96. The summed E-state index contributed by atoms with van der Waals surface area (Å²) >= 11 is 6.42. The molecule has 0 amide bonds. The van der Waals surface area contributed by atoms with Crippen LogP contribution in [0.15, 0.2) is 18.3 Å². The maximum atomic E-state index is 6.42. The molecule has 0 aromatic carbocycles. The van der Waals surface area contributed by atoms with Gasteiger partial charge < -0.3 is 10.1 Å². The Morgan fingerprint density at radius 1 is 1.42 bits per heavy atom. The summed E-state index contributed by atoms with van der Waals surface area (Å²) in [4.78, 5) is 4.27. The molecule has 1 saturated heterocycles. The molecule has 1 N–H and O–H groups in total. The molecule has 1 spiro atoms. The number of rotatable bonds is 2. The molecule has 1 aliphatic heterocycles. The summed E-state index contributed by atoms with van der Waals surface area (Å²) in [5.41, 5.74) is 1.52. The third kappa shape index (κ3) is 1.66. The van der Waals surface area contributed by atoms with Gasteiger partial charge in [-0.2, -0.15) is 0 Å². The SMILES string of the molecule is Cc1ncc2ccc(OC3CC4(CNC4)C3)c(Cl)n12. The van der Waals surface area contributed by atoms with Gasteiger partial charge in [0.1, 0.15) is 11.9 Å². The van der Waals surface area contributed by atoms with Crippen LogP contribution in [0, 0.1) is 12.3 Å². The molecule has 4 rings (SSSR count). The number of aromatic nitrogens is 2. The zero-order chi connectivity index (χ0) is 13.0. The first kappa shape index (κ1) is 11.6. The van der Waals surface area contributed by atoms with E-state index in [4.69, 9.17) is 16.3 Å². The van der Waals surface area contributed by atoms with Crippen molar-refractivity contribution in [2.75, 3.05) is 13.1 Å².